The Morgan fingerprint density at radius 2 is 0.900 bits per heavy atom. The van der Waals surface area contributed by atoms with Crippen LogP contribution in [0.1, 0.15) is 113 Å². The predicted octanol–water partition coefficient (Wildman–Crippen LogP) is 7.50. The molecule has 0 bridgehead atoms. The molecule has 5 aliphatic rings. The monoisotopic (exact) mass is 734 g/mol. The molecule has 0 spiro atoms. The summed E-state index contributed by atoms with van der Waals surface area (Å²) in [6, 6.07) is 33.9. The van der Waals surface area contributed by atoms with Gasteiger partial charge in [0.15, 0.2) is 0 Å². The zero-order valence-electron chi connectivity index (χ0n) is 30.0. The summed E-state index contributed by atoms with van der Waals surface area (Å²) in [6.45, 7) is 4.53. The van der Waals surface area contributed by atoms with Crippen molar-refractivity contribution in [3.8, 4) is 22.3 Å². The molecule has 2 atom stereocenters. The number of hydrogen-bond donors (Lipinski definition) is 0. The van der Waals surface area contributed by atoms with Gasteiger partial charge in [0.2, 0.25) is 0 Å². The molecule has 1 saturated heterocycles. The van der Waals surface area contributed by atoms with Crippen LogP contribution in [-0.2, 0) is 29.4 Å². The topological polar surface area (TPSA) is 0 Å². The van der Waals surface area contributed by atoms with Gasteiger partial charge in [-0.2, -0.15) is 0 Å². The first-order chi connectivity index (χ1) is 23.7. The summed E-state index contributed by atoms with van der Waals surface area (Å²) in [5.41, 5.74) is 19.0. The zero-order valence-corrected chi connectivity index (χ0v) is 33.1. The molecule has 0 radical (unpaired) electrons. The Morgan fingerprint density at radius 1 is 0.500 bits per heavy atom. The van der Waals surface area contributed by atoms with E-state index in [0.717, 1.165) is 24.7 Å². The van der Waals surface area contributed by atoms with Crippen LogP contribution in [0.5, 0.6) is 0 Å². The van der Waals surface area contributed by atoms with Gasteiger partial charge in [-0.25, -0.2) is 0 Å². The maximum Gasteiger partial charge on any atom is -1.00 e. The van der Waals surface area contributed by atoms with E-state index in [4.69, 9.17) is 0 Å². The van der Waals surface area contributed by atoms with E-state index < -0.39 is 16.6 Å². The summed E-state index contributed by atoms with van der Waals surface area (Å²) >= 11 is -2.59. The van der Waals surface area contributed by atoms with Gasteiger partial charge in [-0.15, -0.1) is 0 Å². The Kier molecular flexibility index (Phi) is 10.8. The van der Waals surface area contributed by atoms with Crippen molar-refractivity contribution in [2.24, 2.45) is 11.8 Å². The Bertz CT molecular complexity index is 1750. The van der Waals surface area contributed by atoms with Gasteiger partial charge in [0, 0.05) is 0 Å². The van der Waals surface area contributed by atoms with Crippen molar-refractivity contribution in [1.29, 1.82) is 0 Å². The van der Waals surface area contributed by atoms with Gasteiger partial charge < -0.3 is 24.8 Å². The molecule has 0 amide bonds. The van der Waals surface area contributed by atoms with E-state index in [-0.39, 0.29) is 24.8 Å². The molecule has 0 nitrogen and oxygen atoms in total. The van der Waals surface area contributed by atoms with E-state index in [1.165, 1.54) is 101 Å². The largest absolute Gasteiger partial charge is 1.00 e. The second-order valence-electron chi connectivity index (χ2n) is 15.9. The van der Waals surface area contributed by atoms with Gasteiger partial charge in [0.25, 0.3) is 0 Å². The molecule has 2 saturated carbocycles. The van der Waals surface area contributed by atoms with Crippen molar-refractivity contribution in [3.05, 3.63) is 129 Å². The standard InChI is InChI=1S/2C22H23.C3H6.2ClH.Ti/c2*1-2-16-10-12-18(13-11-16)21-9-5-8-19-14-20(15-22(19)21)17-6-3-4-7-17;1-3-2;;;/h2*5,8-15,17H,2-4,6-7H2,1H3;1-3H2;2*1H;/q;;;;;+2/p-2. The van der Waals surface area contributed by atoms with Gasteiger partial charge in [0.05, 0.1) is 0 Å². The van der Waals surface area contributed by atoms with Crippen LogP contribution in [0.2, 0.25) is 9.45 Å². The first-order valence-electron chi connectivity index (χ1n) is 19.6. The Morgan fingerprint density at radius 3 is 1.24 bits per heavy atom. The predicted molar refractivity (Wildman–Crippen MR) is 202 cm³/mol. The molecule has 1 aliphatic heterocycles. The summed E-state index contributed by atoms with van der Waals surface area (Å²) in [5.74, 6) is 1.56. The first-order valence-corrected chi connectivity index (χ1v) is 23.6. The van der Waals surface area contributed by atoms with Crippen LogP contribution in [0.4, 0.5) is 0 Å². The molecular formula is C47H52Cl2Ti. The quantitative estimate of drug-likeness (QED) is 0.165. The van der Waals surface area contributed by atoms with Crippen molar-refractivity contribution >= 4 is 12.2 Å². The van der Waals surface area contributed by atoms with Crippen molar-refractivity contribution in [2.45, 2.75) is 102 Å². The van der Waals surface area contributed by atoms with Crippen LogP contribution in [0, 0.1) is 11.8 Å². The molecule has 2 unspecified atom stereocenters. The van der Waals surface area contributed by atoms with E-state index in [1.807, 2.05) is 11.1 Å². The average Bonchev–Trinajstić information content (AvgIpc) is 3.95. The van der Waals surface area contributed by atoms with Crippen molar-refractivity contribution in [1.82, 2.24) is 0 Å². The van der Waals surface area contributed by atoms with Gasteiger partial charge in [-0.1, -0.05) is 0 Å². The van der Waals surface area contributed by atoms with Gasteiger partial charge in [-0.05, 0) is 0 Å². The minimum absolute atomic E-state index is 0. The third-order valence-electron chi connectivity index (χ3n) is 13.6. The number of allylic oxidation sites excluding steroid dienone is 2. The number of fused-ring (bicyclic) bond motifs is 2. The Hall–Kier alpha value is -2.35. The van der Waals surface area contributed by atoms with E-state index in [9.17, 15) is 0 Å². The van der Waals surface area contributed by atoms with Crippen LogP contribution < -0.4 is 24.8 Å². The molecule has 258 valence electrons. The van der Waals surface area contributed by atoms with Crippen molar-refractivity contribution in [3.63, 3.8) is 0 Å². The molecule has 3 fully saturated rings. The van der Waals surface area contributed by atoms with Gasteiger partial charge in [0.1, 0.15) is 0 Å². The SMILES string of the molecule is CCc1ccc(-c2cccc3c2C=C(C2CCCC2)[CH]3[Ti+2]2([CH]3C(C4CCCC4)=Cc4c(-c5ccc(CC)cc5)cccc43)[CH2]C[CH2]2)cc1.[Cl-].[Cl-]. The first kappa shape index (κ1) is 36.0. The second kappa shape index (κ2) is 14.9. The van der Waals surface area contributed by atoms with Crippen LogP contribution >= 0.6 is 0 Å². The minimum atomic E-state index is -2.59. The van der Waals surface area contributed by atoms with Gasteiger partial charge >= 0.3 is 295 Å². The molecule has 0 aromatic heterocycles. The fourth-order valence-electron chi connectivity index (χ4n) is 11.0. The van der Waals surface area contributed by atoms with Crippen LogP contribution in [0.15, 0.2) is 96.1 Å². The van der Waals surface area contributed by atoms with E-state index >= 15 is 0 Å². The number of halogens is 2. The molecule has 3 heteroatoms. The minimum Gasteiger partial charge on any atom is -1.00 e. The number of benzene rings is 4. The Labute approximate surface area is 317 Å². The van der Waals surface area contributed by atoms with Crippen LogP contribution in [0.3, 0.4) is 0 Å². The number of hydrogen-bond acceptors (Lipinski definition) is 0. The van der Waals surface area contributed by atoms with Crippen molar-refractivity contribution in [2.75, 3.05) is 0 Å². The third-order valence-corrected chi connectivity index (χ3v) is 23.2. The van der Waals surface area contributed by atoms with Crippen molar-refractivity contribution < 1.29 is 41.4 Å². The zero-order chi connectivity index (χ0) is 32.2. The summed E-state index contributed by atoms with van der Waals surface area (Å²) in [5, 5.41) is 0. The summed E-state index contributed by atoms with van der Waals surface area (Å²) < 4.78 is 4.49. The smallest absolute Gasteiger partial charge is 1.00 e. The molecule has 1 heterocycles. The fourth-order valence-corrected chi connectivity index (χ4v) is 21.0. The third kappa shape index (κ3) is 5.95. The molecule has 0 N–H and O–H groups in total. The summed E-state index contributed by atoms with van der Waals surface area (Å²) in [6.07, 6.45) is 20.5. The maximum absolute atomic E-state index is 2.78. The van der Waals surface area contributed by atoms with E-state index in [2.05, 4.69) is 111 Å². The molecular weight excluding hydrogens is 683 g/mol. The van der Waals surface area contributed by atoms with Crippen LogP contribution in [-0.4, -0.2) is 0 Å². The molecule has 50 heavy (non-hydrogen) atoms. The normalized spacial score (nSPS) is 21.6. The molecule has 9 rings (SSSR count). The fraction of sp³-hybridized carbons (Fsp3) is 0.404. The second-order valence-corrected chi connectivity index (χ2v) is 23.1. The molecule has 4 aromatic carbocycles. The molecule has 4 aromatic rings. The maximum atomic E-state index is 2.78. The molecule has 4 aliphatic carbocycles. The van der Waals surface area contributed by atoms with E-state index in [1.54, 1.807) is 22.3 Å². The summed E-state index contributed by atoms with van der Waals surface area (Å²) in [4.78, 5) is 0. The number of aryl methyl sites for hydroxylation is 2. The average molecular weight is 736 g/mol. The summed E-state index contributed by atoms with van der Waals surface area (Å²) in [7, 11) is 0. The van der Waals surface area contributed by atoms with Gasteiger partial charge in [-0.3, -0.25) is 0 Å². The Balaban J connectivity index is 0.00000196. The van der Waals surface area contributed by atoms with Crippen LogP contribution in [0.25, 0.3) is 34.4 Å². The number of rotatable bonds is 8. The van der Waals surface area contributed by atoms with E-state index in [0.29, 0.717) is 8.45 Å².